The highest BCUT2D eigenvalue weighted by Gasteiger charge is 2.39. The van der Waals surface area contributed by atoms with Gasteiger partial charge < -0.3 is 9.84 Å². The first-order valence-electron chi connectivity index (χ1n) is 6.29. The topological polar surface area (TPSA) is 29.5 Å². The Hall–Kier alpha value is -1.16. The highest BCUT2D eigenvalue weighted by atomic mass is 19.3. The molecule has 0 saturated heterocycles. The maximum atomic E-state index is 13.0. The van der Waals surface area contributed by atoms with E-state index in [1.165, 1.54) is 0 Å². The normalized spacial score (nSPS) is 23.8. The molecule has 1 fully saturated rings. The van der Waals surface area contributed by atoms with Crippen LogP contribution in [0.2, 0.25) is 0 Å². The number of aliphatic hydroxyl groups excluding tert-OH is 1. The van der Waals surface area contributed by atoms with Crippen LogP contribution in [0.25, 0.3) is 0 Å². The Bertz CT molecular complexity index is 367. The lowest BCUT2D eigenvalue weighted by Crippen LogP contribution is -2.21. The average Bonchev–Trinajstić information content (AvgIpc) is 2.67. The highest BCUT2D eigenvalue weighted by Crippen LogP contribution is 2.40. The summed E-state index contributed by atoms with van der Waals surface area (Å²) in [4.78, 5) is 0. The number of ether oxygens (including phenoxy) is 1. The molecule has 0 radical (unpaired) electrons. The van der Waals surface area contributed by atoms with Crippen molar-refractivity contribution in [2.75, 3.05) is 6.61 Å². The SMILES string of the molecule is OC(COc1ccccc1)CC1CCC(F)(F)C1. The minimum Gasteiger partial charge on any atom is -0.491 e. The molecule has 2 atom stereocenters. The zero-order chi connectivity index (χ0) is 13.0. The molecule has 2 unspecified atom stereocenters. The summed E-state index contributed by atoms with van der Waals surface area (Å²) in [5, 5.41) is 9.77. The lowest BCUT2D eigenvalue weighted by Gasteiger charge is -2.16. The fourth-order valence-electron chi connectivity index (χ4n) is 2.40. The van der Waals surface area contributed by atoms with Crippen molar-refractivity contribution in [3.8, 4) is 5.75 Å². The summed E-state index contributed by atoms with van der Waals surface area (Å²) in [7, 11) is 0. The molecule has 1 aromatic rings. The van der Waals surface area contributed by atoms with E-state index < -0.39 is 12.0 Å². The maximum Gasteiger partial charge on any atom is 0.248 e. The summed E-state index contributed by atoms with van der Waals surface area (Å²) >= 11 is 0. The van der Waals surface area contributed by atoms with Gasteiger partial charge in [-0.05, 0) is 30.9 Å². The summed E-state index contributed by atoms with van der Waals surface area (Å²) in [5.41, 5.74) is 0. The van der Waals surface area contributed by atoms with Crippen LogP contribution in [0.1, 0.15) is 25.7 Å². The molecule has 0 amide bonds. The Morgan fingerprint density at radius 1 is 1.33 bits per heavy atom. The zero-order valence-corrected chi connectivity index (χ0v) is 10.2. The zero-order valence-electron chi connectivity index (χ0n) is 10.2. The van der Waals surface area contributed by atoms with Gasteiger partial charge in [0.1, 0.15) is 12.4 Å². The summed E-state index contributed by atoms with van der Waals surface area (Å²) in [6.07, 6.45) is 0.0565. The van der Waals surface area contributed by atoms with Crippen LogP contribution in [0.5, 0.6) is 5.75 Å². The Labute approximate surface area is 106 Å². The van der Waals surface area contributed by atoms with Crippen LogP contribution in [0.4, 0.5) is 8.78 Å². The maximum absolute atomic E-state index is 13.0. The fraction of sp³-hybridized carbons (Fsp3) is 0.571. The molecule has 0 spiro atoms. The monoisotopic (exact) mass is 256 g/mol. The third-order valence-electron chi connectivity index (χ3n) is 3.30. The van der Waals surface area contributed by atoms with Crippen LogP contribution in [0, 0.1) is 5.92 Å². The second-order valence-electron chi connectivity index (χ2n) is 4.98. The number of hydrogen-bond donors (Lipinski definition) is 1. The number of halogens is 2. The van der Waals surface area contributed by atoms with Crippen LogP contribution >= 0.6 is 0 Å². The van der Waals surface area contributed by atoms with Gasteiger partial charge in [-0.1, -0.05) is 18.2 Å². The molecule has 0 aliphatic heterocycles. The van der Waals surface area contributed by atoms with Gasteiger partial charge in [-0.3, -0.25) is 0 Å². The first kappa shape index (κ1) is 13.3. The van der Waals surface area contributed by atoms with E-state index in [-0.39, 0.29) is 25.4 Å². The van der Waals surface area contributed by atoms with Crippen molar-refractivity contribution in [2.45, 2.75) is 37.7 Å². The number of rotatable bonds is 5. The van der Waals surface area contributed by atoms with Gasteiger partial charge in [0.25, 0.3) is 0 Å². The summed E-state index contributed by atoms with van der Waals surface area (Å²) in [5.74, 6) is -1.94. The molecule has 18 heavy (non-hydrogen) atoms. The first-order valence-corrected chi connectivity index (χ1v) is 6.29. The minimum absolute atomic E-state index is 0.0517. The van der Waals surface area contributed by atoms with E-state index in [0.29, 0.717) is 18.6 Å². The number of hydrogen-bond acceptors (Lipinski definition) is 2. The second-order valence-corrected chi connectivity index (χ2v) is 4.98. The molecular formula is C14H18F2O2. The van der Waals surface area contributed by atoms with Crippen LogP contribution in [0.3, 0.4) is 0 Å². The van der Waals surface area contributed by atoms with Gasteiger partial charge in [0, 0.05) is 12.8 Å². The number of aliphatic hydroxyl groups is 1. The van der Waals surface area contributed by atoms with Crippen molar-refractivity contribution in [3.05, 3.63) is 30.3 Å². The molecule has 1 saturated carbocycles. The van der Waals surface area contributed by atoms with Crippen molar-refractivity contribution >= 4 is 0 Å². The van der Waals surface area contributed by atoms with Gasteiger partial charge in [-0.25, -0.2) is 8.78 Å². The third kappa shape index (κ3) is 3.95. The standard InChI is InChI=1S/C14H18F2O2/c15-14(16)7-6-11(9-14)8-12(17)10-18-13-4-2-1-3-5-13/h1-5,11-12,17H,6-10H2. The van der Waals surface area contributed by atoms with Crippen LogP contribution < -0.4 is 4.74 Å². The number of alkyl halides is 2. The molecule has 1 N–H and O–H groups in total. The quantitative estimate of drug-likeness (QED) is 0.876. The lowest BCUT2D eigenvalue weighted by atomic mass is 10.0. The summed E-state index contributed by atoms with van der Waals surface area (Å²) < 4.78 is 31.4. The predicted octanol–water partition coefficient (Wildman–Crippen LogP) is 3.25. The third-order valence-corrected chi connectivity index (χ3v) is 3.30. The van der Waals surface area contributed by atoms with Gasteiger partial charge in [-0.15, -0.1) is 0 Å². The van der Waals surface area contributed by atoms with Crippen molar-refractivity contribution in [2.24, 2.45) is 5.92 Å². The lowest BCUT2D eigenvalue weighted by molar-refractivity contribution is 0.00131. The largest absolute Gasteiger partial charge is 0.491 e. The van der Waals surface area contributed by atoms with Crippen molar-refractivity contribution < 1.29 is 18.6 Å². The van der Waals surface area contributed by atoms with E-state index in [4.69, 9.17) is 4.74 Å². The molecular weight excluding hydrogens is 238 g/mol. The Morgan fingerprint density at radius 3 is 2.67 bits per heavy atom. The van der Waals surface area contributed by atoms with Gasteiger partial charge in [0.05, 0.1) is 6.10 Å². The molecule has 1 aromatic carbocycles. The van der Waals surface area contributed by atoms with Crippen LogP contribution in [0.15, 0.2) is 30.3 Å². The van der Waals surface area contributed by atoms with E-state index in [1.807, 2.05) is 18.2 Å². The molecule has 4 heteroatoms. The average molecular weight is 256 g/mol. The first-order chi connectivity index (χ1) is 8.55. The number of para-hydroxylation sites is 1. The molecule has 2 rings (SSSR count). The molecule has 1 aliphatic carbocycles. The molecule has 0 bridgehead atoms. The van der Waals surface area contributed by atoms with E-state index >= 15 is 0 Å². The second kappa shape index (κ2) is 5.65. The molecule has 100 valence electrons. The highest BCUT2D eigenvalue weighted by molar-refractivity contribution is 5.20. The van der Waals surface area contributed by atoms with Gasteiger partial charge in [-0.2, -0.15) is 0 Å². The van der Waals surface area contributed by atoms with Crippen LogP contribution in [-0.4, -0.2) is 23.7 Å². The Morgan fingerprint density at radius 2 is 2.06 bits per heavy atom. The summed E-state index contributed by atoms with van der Waals surface area (Å²) in [6.45, 7) is 0.159. The minimum atomic E-state index is -2.54. The van der Waals surface area contributed by atoms with E-state index in [2.05, 4.69) is 0 Å². The smallest absolute Gasteiger partial charge is 0.248 e. The molecule has 0 aromatic heterocycles. The summed E-state index contributed by atoms with van der Waals surface area (Å²) in [6, 6.07) is 9.18. The van der Waals surface area contributed by atoms with Crippen molar-refractivity contribution in [1.82, 2.24) is 0 Å². The van der Waals surface area contributed by atoms with Gasteiger partial charge in [0.15, 0.2) is 0 Å². The van der Waals surface area contributed by atoms with Crippen LogP contribution in [-0.2, 0) is 0 Å². The molecule has 1 aliphatic rings. The molecule has 0 heterocycles. The predicted molar refractivity (Wildman–Crippen MR) is 64.8 cm³/mol. The van der Waals surface area contributed by atoms with Gasteiger partial charge >= 0.3 is 0 Å². The number of benzene rings is 1. The van der Waals surface area contributed by atoms with E-state index in [0.717, 1.165) is 0 Å². The Balaban J connectivity index is 1.71. The van der Waals surface area contributed by atoms with Crippen molar-refractivity contribution in [1.29, 1.82) is 0 Å². The van der Waals surface area contributed by atoms with E-state index in [1.54, 1.807) is 12.1 Å². The van der Waals surface area contributed by atoms with Crippen molar-refractivity contribution in [3.63, 3.8) is 0 Å². The Kier molecular flexibility index (Phi) is 4.17. The van der Waals surface area contributed by atoms with Gasteiger partial charge in [0.2, 0.25) is 5.92 Å². The molecule has 2 nitrogen and oxygen atoms in total. The van der Waals surface area contributed by atoms with E-state index in [9.17, 15) is 13.9 Å². The fourth-order valence-corrected chi connectivity index (χ4v) is 2.40.